The van der Waals surface area contributed by atoms with E-state index in [1.54, 1.807) is 0 Å². The van der Waals surface area contributed by atoms with Gasteiger partial charge in [0.15, 0.2) is 5.78 Å². The molecule has 1 unspecified atom stereocenters. The summed E-state index contributed by atoms with van der Waals surface area (Å²) in [4.78, 5) is 24.5. The van der Waals surface area contributed by atoms with Gasteiger partial charge in [0.25, 0.3) is 0 Å². The standard InChI is InChI=1S/C23H34O2/c1-5-15-12-17(25)13-16-6-7-18-20-9-8-19(14(2)24)22(20,3)11-10-21(18)23(15,16)4/h13,15,18-21H,5-12H2,1-4H3/t15?,18-,19+,20-,21-,22+,23-/m0/s1. The second kappa shape index (κ2) is 5.79. The average Bonchev–Trinajstić information content (AvgIpc) is 2.92. The van der Waals surface area contributed by atoms with Gasteiger partial charge in [-0.15, -0.1) is 0 Å². The van der Waals surface area contributed by atoms with Crippen molar-refractivity contribution in [1.82, 2.24) is 0 Å². The molecule has 25 heavy (non-hydrogen) atoms. The SMILES string of the molecule is CCC1CC(=O)C=C2CC[C@H]3[C@@H]4CC[C@H](C(C)=O)[C@@]4(C)CC[C@@H]3[C@]21C. The van der Waals surface area contributed by atoms with Crippen LogP contribution in [0.4, 0.5) is 0 Å². The summed E-state index contributed by atoms with van der Waals surface area (Å²) >= 11 is 0. The molecule has 4 aliphatic rings. The fourth-order valence-electron chi connectivity index (χ4n) is 8.00. The van der Waals surface area contributed by atoms with Crippen LogP contribution in [0.1, 0.15) is 79.1 Å². The van der Waals surface area contributed by atoms with Gasteiger partial charge in [-0.25, -0.2) is 0 Å². The first-order valence-electron chi connectivity index (χ1n) is 10.6. The Kier molecular flexibility index (Phi) is 4.05. The van der Waals surface area contributed by atoms with Crippen LogP contribution in [0.5, 0.6) is 0 Å². The maximum absolute atomic E-state index is 12.2. The van der Waals surface area contributed by atoms with E-state index in [0.29, 0.717) is 29.3 Å². The first-order valence-corrected chi connectivity index (χ1v) is 10.6. The smallest absolute Gasteiger partial charge is 0.155 e. The molecule has 138 valence electrons. The van der Waals surface area contributed by atoms with Crippen molar-refractivity contribution in [2.75, 3.05) is 0 Å². The Bertz CT molecular complexity index is 632. The number of hydrogen-bond acceptors (Lipinski definition) is 2. The van der Waals surface area contributed by atoms with Crippen LogP contribution in [-0.4, -0.2) is 11.6 Å². The minimum absolute atomic E-state index is 0.223. The van der Waals surface area contributed by atoms with Gasteiger partial charge in [0, 0.05) is 12.3 Å². The van der Waals surface area contributed by atoms with E-state index in [2.05, 4.69) is 20.8 Å². The average molecular weight is 343 g/mol. The molecule has 7 atom stereocenters. The van der Waals surface area contributed by atoms with Crippen LogP contribution in [0.15, 0.2) is 11.6 Å². The molecular formula is C23H34O2. The van der Waals surface area contributed by atoms with Gasteiger partial charge in [-0.3, -0.25) is 9.59 Å². The zero-order valence-electron chi connectivity index (χ0n) is 16.4. The van der Waals surface area contributed by atoms with Crippen LogP contribution in [0.2, 0.25) is 0 Å². The highest BCUT2D eigenvalue weighted by atomic mass is 16.1. The number of carbonyl (C=O) groups excluding carboxylic acids is 2. The molecule has 0 radical (unpaired) electrons. The van der Waals surface area contributed by atoms with E-state index < -0.39 is 0 Å². The van der Waals surface area contributed by atoms with Crippen LogP contribution in [0.25, 0.3) is 0 Å². The topological polar surface area (TPSA) is 34.1 Å². The molecule has 4 aliphatic carbocycles. The molecule has 2 nitrogen and oxygen atoms in total. The summed E-state index contributed by atoms with van der Waals surface area (Å²) < 4.78 is 0. The summed E-state index contributed by atoms with van der Waals surface area (Å²) in [5.41, 5.74) is 1.92. The van der Waals surface area contributed by atoms with Crippen molar-refractivity contribution in [1.29, 1.82) is 0 Å². The van der Waals surface area contributed by atoms with Gasteiger partial charge in [-0.2, -0.15) is 0 Å². The number of rotatable bonds is 2. The molecule has 0 N–H and O–H groups in total. The molecule has 0 amide bonds. The lowest BCUT2D eigenvalue weighted by molar-refractivity contribution is -0.130. The summed E-state index contributed by atoms with van der Waals surface area (Å²) in [7, 11) is 0. The minimum atomic E-state index is 0.223. The Morgan fingerprint density at radius 3 is 2.60 bits per heavy atom. The predicted octanol–water partition coefficient (Wildman–Crippen LogP) is 5.36. The Balaban J connectivity index is 1.70. The van der Waals surface area contributed by atoms with Crippen LogP contribution >= 0.6 is 0 Å². The van der Waals surface area contributed by atoms with Crippen molar-refractivity contribution in [2.45, 2.75) is 79.1 Å². The number of Topliss-reactive ketones (excluding diaryl/α,β-unsaturated/α-hetero) is 1. The zero-order valence-corrected chi connectivity index (χ0v) is 16.4. The van der Waals surface area contributed by atoms with Gasteiger partial charge >= 0.3 is 0 Å². The number of allylic oxidation sites excluding steroid dienone is 1. The summed E-state index contributed by atoms with van der Waals surface area (Å²) in [6.07, 6.45) is 11.0. The van der Waals surface area contributed by atoms with Crippen molar-refractivity contribution in [3.8, 4) is 0 Å². The first-order chi connectivity index (χ1) is 11.8. The molecule has 0 bridgehead atoms. The molecule has 0 aromatic rings. The summed E-state index contributed by atoms with van der Waals surface area (Å²) in [5.74, 6) is 3.77. The van der Waals surface area contributed by atoms with E-state index in [9.17, 15) is 9.59 Å². The third-order valence-corrected chi connectivity index (χ3v) is 9.26. The lowest BCUT2D eigenvalue weighted by Gasteiger charge is -2.60. The normalized spacial score (nSPS) is 49.0. The molecular weight excluding hydrogens is 308 g/mol. The maximum atomic E-state index is 12.2. The molecule has 0 aromatic carbocycles. The highest BCUT2D eigenvalue weighted by molar-refractivity contribution is 5.92. The number of hydrogen-bond donors (Lipinski definition) is 0. The molecule has 3 saturated carbocycles. The van der Waals surface area contributed by atoms with Crippen molar-refractivity contribution in [3.05, 3.63) is 11.6 Å². The molecule has 0 aromatic heterocycles. The molecule has 3 fully saturated rings. The maximum Gasteiger partial charge on any atom is 0.155 e. The van der Waals surface area contributed by atoms with Crippen molar-refractivity contribution >= 4 is 11.6 Å². The predicted molar refractivity (Wildman–Crippen MR) is 100 cm³/mol. The second-order valence-corrected chi connectivity index (χ2v) is 9.93. The second-order valence-electron chi connectivity index (χ2n) is 9.93. The lowest BCUT2D eigenvalue weighted by Crippen LogP contribution is -2.53. The Morgan fingerprint density at radius 1 is 1.16 bits per heavy atom. The van der Waals surface area contributed by atoms with E-state index in [4.69, 9.17) is 0 Å². The number of fused-ring (bicyclic) bond motifs is 5. The van der Waals surface area contributed by atoms with Crippen LogP contribution in [0.3, 0.4) is 0 Å². The van der Waals surface area contributed by atoms with Crippen LogP contribution in [0, 0.1) is 40.4 Å². The summed E-state index contributed by atoms with van der Waals surface area (Å²) in [6.45, 7) is 8.98. The third kappa shape index (κ3) is 2.28. The number of carbonyl (C=O) groups is 2. The molecule has 2 heteroatoms. The highest BCUT2D eigenvalue weighted by Crippen LogP contribution is 2.67. The molecule has 0 saturated heterocycles. The summed E-state index contributed by atoms with van der Waals surface area (Å²) in [6, 6.07) is 0. The summed E-state index contributed by atoms with van der Waals surface area (Å²) in [5, 5.41) is 0. The van der Waals surface area contributed by atoms with Gasteiger partial charge in [0.1, 0.15) is 5.78 Å². The Morgan fingerprint density at radius 2 is 1.92 bits per heavy atom. The van der Waals surface area contributed by atoms with E-state index >= 15 is 0 Å². The van der Waals surface area contributed by atoms with Crippen molar-refractivity contribution < 1.29 is 9.59 Å². The highest BCUT2D eigenvalue weighted by Gasteiger charge is 2.61. The minimum Gasteiger partial charge on any atom is -0.300 e. The molecule has 0 aliphatic heterocycles. The van der Waals surface area contributed by atoms with Gasteiger partial charge < -0.3 is 0 Å². The van der Waals surface area contributed by atoms with Crippen molar-refractivity contribution in [3.63, 3.8) is 0 Å². The molecule has 0 spiro atoms. The monoisotopic (exact) mass is 342 g/mol. The first kappa shape index (κ1) is 17.5. The Labute approximate surface area is 152 Å². The third-order valence-electron chi connectivity index (χ3n) is 9.26. The Hall–Kier alpha value is -0.920. The van der Waals surface area contributed by atoms with Crippen LogP contribution < -0.4 is 0 Å². The van der Waals surface area contributed by atoms with Crippen LogP contribution in [-0.2, 0) is 9.59 Å². The molecule has 0 heterocycles. The van der Waals surface area contributed by atoms with E-state index in [1.165, 1.54) is 31.3 Å². The molecule has 4 rings (SSSR count). The van der Waals surface area contributed by atoms with E-state index in [0.717, 1.165) is 31.6 Å². The zero-order chi connectivity index (χ0) is 18.0. The number of ketones is 2. The fourth-order valence-corrected chi connectivity index (χ4v) is 8.00. The van der Waals surface area contributed by atoms with Gasteiger partial charge in [-0.05, 0) is 86.0 Å². The largest absolute Gasteiger partial charge is 0.300 e. The van der Waals surface area contributed by atoms with Gasteiger partial charge in [0.2, 0.25) is 0 Å². The van der Waals surface area contributed by atoms with Crippen molar-refractivity contribution in [2.24, 2.45) is 40.4 Å². The quantitative estimate of drug-likeness (QED) is 0.677. The van der Waals surface area contributed by atoms with Gasteiger partial charge in [0.05, 0.1) is 0 Å². The lowest BCUT2D eigenvalue weighted by atomic mass is 9.44. The van der Waals surface area contributed by atoms with E-state index in [1.807, 2.05) is 13.0 Å². The van der Waals surface area contributed by atoms with E-state index in [-0.39, 0.29) is 16.7 Å². The van der Waals surface area contributed by atoms with Gasteiger partial charge in [-0.1, -0.05) is 32.8 Å². The fraction of sp³-hybridized carbons (Fsp3) is 0.826.